The molecule has 4 unspecified atom stereocenters. The number of aliphatic carboxylic acids is 1. The molecule has 0 saturated heterocycles. The van der Waals surface area contributed by atoms with Gasteiger partial charge in [-0.3, -0.25) is 4.79 Å². The van der Waals surface area contributed by atoms with E-state index in [2.05, 4.69) is 5.32 Å². The number of carboxylic acids is 1. The summed E-state index contributed by atoms with van der Waals surface area (Å²) in [5.74, 6) is -3.45. The third-order valence-electron chi connectivity index (χ3n) is 6.37. The molecular weight excluding hydrogens is 556 g/mol. The fourth-order valence-corrected chi connectivity index (χ4v) is 4.46. The van der Waals surface area contributed by atoms with Crippen LogP contribution in [0, 0.1) is 0 Å². The molecule has 0 aromatic heterocycles. The summed E-state index contributed by atoms with van der Waals surface area (Å²) < 4.78 is 0. The van der Waals surface area contributed by atoms with E-state index in [4.69, 9.17) is 23.2 Å². The van der Waals surface area contributed by atoms with E-state index in [1.54, 1.807) is 19.1 Å². The number of halogens is 2. The minimum absolute atomic E-state index is 0. The zero-order valence-corrected chi connectivity index (χ0v) is 24.9. The van der Waals surface area contributed by atoms with Gasteiger partial charge in [-0.15, -0.1) is 0 Å². The maximum Gasteiger partial charge on any atom is 1.00 e. The Morgan fingerprint density at radius 3 is 1.95 bits per heavy atom. The van der Waals surface area contributed by atoms with Crippen LogP contribution in [0.5, 0.6) is 0 Å². The van der Waals surface area contributed by atoms with Gasteiger partial charge in [0.1, 0.15) is 18.3 Å². The Labute approximate surface area is 258 Å². The number of nitrogens with one attached hydrogen (secondary N) is 1. The van der Waals surface area contributed by atoms with Gasteiger partial charge in [0.2, 0.25) is 0 Å². The Morgan fingerprint density at radius 1 is 0.821 bits per heavy atom. The molecule has 0 aliphatic carbocycles. The van der Waals surface area contributed by atoms with Crippen molar-refractivity contribution >= 4 is 35.1 Å². The molecule has 3 rings (SSSR count). The number of benzene rings is 3. The molecule has 0 saturated carbocycles. The van der Waals surface area contributed by atoms with Gasteiger partial charge in [-0.05, 0) is 47.7 Å². The first kappa shape index (κ1) is 33.2. The van der Waals surface area contributed by atoms with Gasteiger partial charge < -0.3 is 35.6 Å². The van der Waals surface area contributed by atoms with E-state index in [-0.39, 0.29) is 35.5 Å². The summed E-state index contributed by atoms with van der Waals surface area (Å²) in [4.78, 5) is 23.5. The van der Waals surface area contributed by atoms with Crippen LogP contribution in [0.4, 0.5) is 0 Å². The van der Waals surface area contributed by atoms with Crippen molar-refractivity contribution < 1.29 is 64.7 Å². The molecule has 202 valence electrons. The molecule has 3 aromatic rings. The molecule has 0 spiro atoms. The third kappa shape index (κ3) is 8.75. The van der Waals surface area contributed by atoms with Crippen molar-refractivity contribution in [2.45, 2.75) is 49.7 Å². The molecule has 0 heterocycles. The Balaban J connectivity index is 0.00000533. The number of amides is 1. The van der Waals surface area contributed by atoms with Gasteiger partial charge in [0.05, 0.1) is 16.0 Å². The fourth-order valence-electron chi connectivity index (χ4n) is 4.14. The van der Waals surface area contributed by atoms with Crippen LogP contribution >= 0.6 is 23.2 Å². The van der Waals surface area contributed by atoms with Crippen LogP contribution in [0.3, 0.4) is 0 Å². The van der Waals surface area contributed by atoms with Crippen LogP contribution in [-0.2, 0) is 16.0 Å². The van der Waals surface area contributed by atoms with E-state index in [1.807, 2.05) is 60.7 Å². The topological polar surface area (TPSA) is 150 Å². The molecule has 8 nitrogen and oxygen atoms in total. The molecule has 0 aliphatic rings. The van der Waals surface area contributed by atoms with Crippen LogP contribution in [-0.4, -0.2) is 62.8 Å². The first-order valence-electron chi connectivity index (χ1n) is 11.8. The van der Waals surface area contributed by atoms with Gasteiger partial charge in [-0.2, -0.15) is 0 Å². The summed E-state index contributed by atoms with van der Waals surface area (Å²) in [6.07, 6.45) is -8.89. The Kier molecular flexibility index (Phi) is 12.9. The van der Waals surface area contributed by atoms with E-state index in [0.717, 1.165) is 22.3 Å². The molecule has 0 radical (unpaired) electrons. The monoisotopic (exact) mass is 583 g/mol. The maximum absolute atomic E-state index is 12.7. The molecule has 0 aliphatic heterocycles. The largest absolute Gasteiger partial charge is 1.00 e. The number of hydrogen-bond acceptors (Lipinski definition) is 7. The second-order valence-electron chi connectivity index (χ2n) is 9.03. The fraction of sp³-hybridized carbons (Fsp3) is 0.286. The van der Waals surface area contributed by atoms with E-state index in [1.165, 1.54) is 0 Å². The molecule has 0 fully saturated rings. The molecule has 39 heavy (non-hydrogen) atoms. The maximum atomic E-state index is 12.7. The summed E-state index contributed by atoms with van der Waals surface area (Å²) in [5, 5.41) is 53.6. The van der Waals surface area contributed by atoms with Crippen molar-refractivity contribution in [3.8, 4) is 11.1 Å². The number of carbonyl (C=O) groups excluding carboxylic acids is 2. The summed E-state index contributed by atoms with van der Waals surface area (Å²) >= 11 is 12.3. The van der Waals surface area contributed by atoms with E-state index >= 15 is 0 Å². The average molecular weight is 584 g/mol. The smallest absolute Gasteiger partial charge is 0.547 e. The Morgan fingerprint density at radius 2 is 1.38 bits per heavy atom. The minimum atomic E-state index is -2.49. The Bertz CT molecular complexity index is 1250. The van der Waals surface area contributed by atoms with E-state index in [9.17, 15) is 35.1 Å². The van der Waals surface area contributed by atoms with Crippen molar-refractivity contribution in [3.05, 3.63) is 94.0 Å². The first-order valence-corrected chi connectivity index (χ1v) is 12.6. The standard InChI is InChI=1S/C28H29Cl2NO7.Na/c1-15(31-27(36)25(34)23(32)24(33)26(35)28(37)38)20(13-16-7-12-21(29)22(30)14-16)19-10-8-18(9-11-19)17-5-3-2-4-6-17;/h2-12,14-15,20,23-26,32-35H,13H2,1H3,(H,31,36)(H,37,38);/q;+1/p-1/t15-,20+,23?,24?,25?,26?;/m1./s1. The average Bonchev–Trinajstić information content (AvgIpc) is 2.92. The molecule has 11 heteroatoms. The van der Waals surface area contributed by atoms with Crippen LogP contribution in [0.25, 0.3) is 11.1 Å². The summed E-state index contributed by atoms with van der Waals surface area (Å²) in [5.41, 5.74) is 3.74. The predicted molar refractivity (Wildman–Crippen MR) is 141 cm³/mol. The number of aliphatic hydroxyl groups is 4. The molecule has 3 aromatic carbocycles. The van der Waals surface area contributed by atoms with Gasteiger partial charge in [0.15, 0.2) is 6.10 Å². The van der Waals surface area contributed by atoms with Crippen molar-refractivity contribution in [1.82, 2.24) is 5.32 Å². The second kappa shape index (κ2) is 15.1. The third-order valence-corrected chi connectivity index (χ3v) is 7.11. The minimum Gasteiger partial charge on any atom is -0.547 e. The van der Waals surface area contributed by atoms with Gasteiger partial charge in [0, 0.05) is 12.0 Å². The van der Waals surface area contributed by atoms with Crippen molar-refractivity contribution in [3.63, 3.8) is 0 Å². The predicted octanol–water partition coefficient (Wildman–Crippen LogP) is -1.31. The molecule has 1 amide bonds. The van der Waals surface area contributed by atoms with Crippen molar-refractivity contribution in [1.29, 1.82) is 0 Å². The van der Waals surface area contributed by atoms with Crippen LogP contribution in [0.15, 0.2) is 72.8 Å². The second-order valence-corrected chi connectivity index (χ2v) is 9.85. The van der Waals surface area contributed by atoms with Gasteiger partial charge in [-0.25, -0.2) is 0 Å². The van der Waals surface area contributed by atoms with Crippen LogP contribution in [0.2, 0.25) is 10.0 Å². The normalized spacial score (nSPS) is 15.7. The zero-order valence-electron chi connectivity index (χ0n) is 21.4. The van der Waals surface area contributed by atoms with Crippen LogP contribution in [0.1, 0.15) is 24.0 Å². The van der Waals surface area contributed by atoms with Crippen molar-refractivity contribution in [2.75, 3.05) is 0 Å². The number of rotatable bonds is 11. The number of hydrogen-bond donors (Lipinski definition) is 5. The van der Waals surface area contributed by atoms with Gasteiger partial charge in [-0.1, -0.05) is 83.9 Å². The Hall–Kier alpha value is -1.98. The van der Waals surface area contributed by atoms with Gasteiger partial charge in [0.25, 0.3) is 5.91 Å². The SMILES string of the molecule is C[C@@H](NC(=O)C(O)C(O)C(O)C(O)C(=O)[O-])[C@H](Cc1ccc(Cl)c(Cl)c1)c1ccc(-c2ccccc2)cc1.[Na+]. The summed E-state index contributed by atoms with van der Waals surface area (Å²) in [7, 11) is 0. The molecular formula is C28H28Cl2NNaO7. The quantitative estimate of drug-likeness (QED) is 0.176. The zero-order chi connectivity index (χ0) is 28.0. The number of carboxylic acid groups (broad SMARTS) is 1. The summed E-state index contributed by atoms with van der Waals surface area (Å²) in [6.45, 7) is 1.71. The first-order chi connectivity index (χ1) is 18.0. The van der Waals surface area contributed by atoms with E-state index in [0.29, 0.717) is 16.5 Å². The van der Waals surface area contributed by atoms with E-state index < -0.39 is 42.3 Å². The molecule has 0 bridgehead atoms. The van der Waals surface area contributed by atoms with Crippen LogP contribution < -0.4 is 40.0 Å². The number of carbonyl (C=O) groups is 2. The van der Waals surface area contributed by atoms with Crippen molar-refractivity contribution in [2.24, 2.45) is 0 Å². The molecule has 5 N–H and O–H groups in total. The molecule has 6 atom stereocenters. The summed E-state index contributed by atoms with van der Waals surface area (Å²) in [6, 6.07) is 22.2. The van der Waals surface area contributed by atoms with Gasteiger partial charge >= 0.3 is 29.6 Å². The number of aliphatic hydroxyl groups excluding tert-OH is 4.